The maximum atomic E-state index is 13.4. The monoisotopic (exact) mass is 430 g/mol. The van der Waals surface area contributed by atoms with E-state index < -0.39 is 0 Å². The van der Waals surface area contributed by atoms with Crippen molar-refractivity contribution in [1.82, 2.24) is 9.80 Å². The molecule has 1 aliphatic carbocycles. The molecule has 1 unspecified atom stereocenters. The number of amides is 2. The van der Waals surface area contributed by atoms with Gasteiger partial charge in [0.2, 0.25) is 11.8 Å². The fraction of sp³-hybridized carbons (Fsp3) is 0.478. The van der Waals surface area contributed by atoms with Crippen LogP contribution in [0.1, 0.15) is 46.9 Å². The quantitative estimate of drug-likeness (QED) is 0.611. The highest BCUT2D eigenvalue weighted by molar-refractivity contribution is 7.10. The number of benzene rings is 1. The zero-order chi connectivity index (χ0) is 20.4. The minimum atomic E-state index is -0.0791. The molecule has 0 spiro atoms. The maximum absolute atomic E-state index is 13.4. The maximum Gasteiger partial charge on any atom is 0.242 e. The van der Waals surface area contributed by atoms with Gasteiger partial charge < -0.3 is 9.80 Å². The molecule has 4 nitrogen and oxygen atoms in total. The van der Waals surface area contributed by atoms with Gasteiger partial charge in [0.25, 0.3) is 0 Å². The van der Waals surface area contributed by atoms with Crippen molar-refractivity contribution in [3.63, 3.8) is 0 Å². The number of thiophene rings is 1. The van der Waals surface area contributed by atoms with Gasteiger partial charge >= 0.3 is 0 Å². The SMILES string of the molecule is Cc1ccccc1C1c2ccsc2CCN1C(=O)CN(CC1CC1)C(=O)CCCl. The Morgan fingerprint density at radius 3 is 2.72 bits per heavy atom. The van der Waals surface area contributed by atoms with Crippen LogP contribution in [0.15, 0.2) is 35.7 Å². The summed E-state index contributed by atoms with van der Waals surface area (Å²) in [6, 6.07) is 10.4. The van der Waals surface area contributed by atoms with Crippen molar-refractivity contribution < 1.29 is 9.59 Å². The molecule has 29 heavy (non-hydrogen) atoms. The Morgan fingerprint density at radius 1 is 1.21 bits per heavy atom. The molecule has 0 N–H and O–H groups in total. The highest BCUT2D eigenvalue weighted by atomic mass is 35.5. The molecular formula is C23H27ClN2O2S. The Morgan fingerprint density at radius 2 is 2.00 bits per heavy atom. The summed E-state index contributed by atoms with van der Waals surface area (Å²) in [6.45, 7) is 3.61. The Hall–Kier alpha value is -1.85. The second-order valence-electron chi connectivity index (χ2n) is 8.05. The van der Waals surface area contributed by atoms with Crippen LogP contribution in [0, 0.1) is 12.8 Å². The number of halogens is 1. The van der Waals surface area contributed by atoms with Crippen LogP contribution in [0.5, 0.6) is 0 Å². The number of carbonyl (C=O) groups is 2. The molecule has 1 aliphatic heterocycles. The third-order valence-corrected chi connectivity index (χ3v) is 7.12. The molecule has 2 aliphatic rings. The molecule has 154 valence electrons. The van der Waals surface area contributed by atoms with Crippen molar-refractivity contribution in [1.29, 1.82) is 0 Å². The van der Waals surface area contributed by atoms with Gasteiger partial charge in [-0.1, -0.05) is 24.3 Å². The van der Waals surface area contributed by atoms with Crippen LogP contribution in [-0.4, -0.2) is 47.1 Å². The molecule has 1 saturated carbocycles. The smallest absolute Gasteiger partial charge is 0.242 e. The lowest BCUT2D eigenvalue weighted by atomic mass is 9.90. The lowest BCUT2D eigenvalue weighted by Gasteiger charge is -2.38. The second kappa shape index (κ2) is 8.88. The summed E-state index contributed by atoms with van der Waals surface area (Å²) < 4.78 is 0. The molecular weight excluding hydrogens is 404 g/mol. The predicted molar refractivity (Wildman–Crippen MR) is 117 cm³/mol. The first kappa shape index (κ1) is 20.4. The zero-order valence-corrected chi connectivity index (χ0v) is 18.3. The van der Waals surface area contributed by atoms with E-state index in [0.29, 0.717) is 24.9 Å². The van der Waals surface area contributed by atoms with Crippen LogP contribution in [0.2, 0.25) is 0 Å². The minimum absolute atomic E-state index is 0.0130. The van der Waals surface area contributed by atoms with Gasteiger partial charge in [0, 0.05) is 30.3 Å². The second-order valence-corrected chi connectivity index (χ2v) is 9.43. The number of carbonyl (C=O) groups excluding carboxylic acids is 2. The molecule has 1 atom stereocenters. The average molecular weight is 431 g/mol. The van der Waals surface area contributed by atoms with Crippen molar-refractivity contribution >= 4 is 34.8 Å². The molecule has 1 fully saturated rings. The summed E-state index contributed by atoms with van der Waals surface area (Å²) in [5, 5.41) is 2.12. The number of hydrogen-bond acceptors (Lipinski definition) is 3. The van der Waals surface area contributed by atoms with E-state index in [1.165, 1.54) is 21.6 Å². The van der Waals surface area contributed by atoms with E-state index in [0.717, 1.165) is 19.3 Å². The molecule has 1 aromatic heterocycles. The normalized spacial score (nSPS) is 18.4. The number of fused-ring (bicyclic) bond motifs is 1. The van der Waals surface area contributed by atoms with E-state index in [9.17, 15) is 9.59 Å². The highest BCUT2D eigenvalue weighted by Crippen LogP contribution is 2.39. The summed E-state index contributed by atoms with van der Waals surface area (Å²) in [7, 11) is 0. The number of rotatable bonds is 7. The Kier molecular flexibility index (Phi) is 6.26. The minimum Gasteiger partial charge on any atom is -0.333 e. The standard InChI is InChI=1S/C23H27ClN2O2S/c1-16-4-2-3-5-18(16)23-19-10-13-29-20(19)9-12-26(23)22(28)15-25(14-17-6-7-17)21(27)8-11-24/h2-5,10,13,17,23H,6-9,11-12,14-15H2,1H3. The molecule has 2 aromatic rings. The van der Waals surface area contributed by atoms with Crippen molar-refractivity contribution in [3.8, 4) is 0 Å². The van der Waals surface area contributed by atoms with Crippen molar-refractivity contribution in [2.75, 3.05) is 25.5 Å². The molecule has 2 heterocycles. The van der Waals surface area contributed by atoms with Gasteiger partial charge in [-0.05, 0) is 60.2 Å². The average Bonchev–Trinajstić information content (AvgIpc) is 3.40. The van der Waals surface area contributed by atoms with Gasteiger partial charge in [0.1, 0.15) is 0 Å². The summed E-state index contributed by atoms with van der Waals surface area (Å²) in [5.41, 5.74) is 3.58. The first-order valence-electron chi connectivity index (χ1n) is 10.3. The van der Waals surface area contributed by atoms with Crippen LogP contribution in [0.25, 0.3) is 0 Å². The topological polar surface area (TPSA) is 40.6 Å². The molecule has 1 aromatic carbocycles. The fourth-order valence-electron chi connectivity index (χ4n) is 4.17. The first-order valence-corrected chi connectivity index (χ1v) is 11.7. The summed E-state index contributed by atoms with van der Waals surface area (Å²) in [6.07, 6.45) is 3.45. The molecule has 0 radical (unpaired) electrons. The number of nitrogens with zero attached hydrogens (tertiary/aromatic N) is 2. The van der Waals surface area contributed by atoms with Gasteiger partial charge in [0.15, 0.2) is 0 Å². The van der Waals surface area contributed by atoms with Gasteiger partial charge in [-0.3, -0.25) is 9.59 Å². The van der Waals surface area contributed by atoms with E-state index in [2.05, 4.69) is 30.5 Å². The van der Waals surface area contributed by atoms with E-state index in [1.807, 2.05) is 17.0 Å². The first-order chi connectivity index (χ1) is 14.1. The number of hydrogen-bond donors (Lipinski definition) is 0. The number of aryl methyl sites for hydroxylation is 1. The Labute approximate surface area is 181 Å². The van der Waals surface area contributed by atoms with E-state index >= 15 is 0 Å². The zero-order valence-electron chi connectivity index (χ0n) is 16.8. The van der Waals surface area contributed by atoms with Crippen LogP contribution >= 0.6 is 22.9 Å². The lowest BCUT2D eigenvalue weighted by molar-refractivity contribution is -0.141. The molecule has 0 saturated heterocycles. The fourth-order valence-corrected chi connectivity index (χ4v) is 5.24. The van der Waals surface area contributed by atoms with Gasteiger partial charge in [-0.15, -0.1) is 22.9 Å². The van der Waals surface area contributed by atoms with E-state index in [4.69, 9.17) is 11.6 Å². The van der Waals surface area contributed by atoms with Gasteiger partial charge in [-0.25, -0.2) is 0 Å². The number of alkyl halides is 1. The van der Waals surface area contributed by atoms with Gasteiger partial charge in [-0.2, -0.15) is 0 Å². The Balaban J connectivity index is 1.60. The van der Waals surface area contributed by atoms with Crippen LogP contribution in [-0.2, 0) is 16.0 Å². The third-order valence-electron chi connectivity index (χ3n) is 5.93. The largest absolute Gasteiger partial charge is 0.333 e. The van der Waals surface area contributed by atoms with Crippen LogP contribution in [0.3, 0.4) is 0 Å². The summed E-state index contributed by atoms with van der Waals surface area (Å²) in [4.78, 5) is 31.1. The van der Waals surface area contributed by atoms with Crippen molar-refractivity contribution in [3.05, 3.63) is 57.3 Å². The third kappa shape index (κ3) is 4.51. The molecule has 6 heteroatoms. The van der Waals surface area contributed by atoms with E-state index in [1.54, 1.807) is 16.2 Å². The highest BCUT2D eigenvalue weighted by Gasteiger charge is 2.35. The van der Waals surface area contributed by atoms with Crippen LogP contribution < -0.4 is 0 Å². The molecule has 0 bridgehead atoms. The summed E-state index contributed by atoms with van der Waals surface area (Å²) in [5.74, 6) is 0.848. The summed E-state index contributed by atoms with van der Waals surface area (Å²) >= 11 is 7.57. The Bertz CT molecular complexity index is 893. The van der Waals surface area contributed by atoms with Crippen molar-refractivity contribution in [2.24, 2.45) is 5.92 Å². The lowest BCUT2D eigenvalue weighted by Crippen LogP contribution is -2.47. The van der Waals surface area contributed by atoms with Gasteiger partial charge in [0.05, 0.1) is 12.6 Å². The molecule has 2 amide bonds. The predicted octanol–water partition coefficient (Wildman–Crippen LogP) is 4.40. The van der Waals surface area contributed by atoms with Crippen LogP contribution in [0.4, 0.5) is 0 Å². The van der Waals surface area contributed by atoms with E-state index in [-0.39, 0.29) is 30.8 Å². The molecule has 4 rings (SSSR count). The van der Waals surface area contributed by atoms with Crippen molar-refractivity contribution in [2.45, 2.75) is 38.6 Å².